The lowest BCUT2D eigenvalue weighted by Crippen LogP contribution is -2.32. The molecule has 0 radical (unpaired) electrons. The zero-order valence-corrected chi connectivity index (χ0v) is 5.67. The van der Waals surface area contributed by atoms with Crippen molar-refractivity contribution in [3.8, 4) is 0 Å². The summed E-state index contributed by atoms with van der Waals surface area (Å²) >= 11 is 0. The lowest BCUT2D eigenvalue weighted by Gasteiger charge is -2.06. The van der Waals surface area contributed by atoms with Gasteiger partial charge in [0.15, 0.2) is 6.79 Å². The van der Waals surface area contributed by atoms with Gasteiger partial charge in [-0.15, -0.1) is 0 Å². The fraction of sp³-hybridized carbons (Fsp3) is 0.833. The zero-order chi connectivity index (χ0) is 7.40. The minimum atomic E-state index is -0.517. The highest BCUT2D eigenvalue weighted by atomic mass is 16.6. The van der Waals surface area contributed by atoms with E-state index in [9.17, 15) is 4.79 Å². The maximum atomic E-state index is 10.8. The smallest absolute Gasteiger partial charge is 0.325 e. The van der Waals surface area contributed by atoms with Gasteiger partial charge in [-0.2, -0.15) is 0 Å². The van der Waals surface area contributed by atoms with Crippen LogP contribution >= 0.6 is 0 Å². The number of aliphatic hydroxyl groups excluding tert-OH is 1. The van der Waals surface area contributed by atoms with Crippen molar-refractivity contribution in [2.24, 2.45) is 0 Å². The van der Waals surface area contributed by atoms with Crippen LogP contribution in [0.3, 0.4) is 0 Å². The molecular formula is C6H11NO3. The number of aliphatic hydroxyl groups is 1. The van der Waals surface area contributed by atoms with Crippen LogP contribution in [0.5, 0.6) is 0 Å². The number of esters is 1. The molecule has 4 nitrogen and oxygen atoms in total. The third kappa shape index (κ3) is 1.68. The molecule has 0 amide bonds. The van der Waals surface area contributed by atoms with E-state index in [1.165, 1.54) is 0 Å². The maximum absolute atomic E-state index is 10.8. The molecule has 4 heteroatoms. The summed E-state index contributed by atoms with van der Waals surface area (Å²) in [4.78, 5) is 10.8. The largest absolute Gasteiger partial charge is 0.438 e. The first-order chi connectivity index (χ1) is 4.84. The quantitative estimate of drug-likeness (QED) is 0.396. The van der Waals surface area contributed by atoms with Gasteiger partial charge >= 0.3 is 5.97 Å². The first-order valence-corrected chi connectivity index (χ1v) is 3.35. The first-order valence-electron chi connectivity index (χ1n) is 3.35. The minimum Gasteiger partial charge on any atom is -0.438 e. The van der Waals surface area contributed by atoms with Gasteiger partial charge in [-0.25, -0.2) is 0 Å². The number of rotatable bonds is 2. The third-order valence-corrected chi connectivity index (χ3v) is 1.55. The van der Waals surface area contributed by atoms with Crippen molar-refractivity contribution < 1.29 is 14.6 Å². The Hall–Kier alpha value is -0.610. The second-order valence-corrected chi connectivity index (χ2v) is 2.24. The highest BCUT2D eigenvalue weighted by Gasteiger charge is 2.22. The van der Waals surface area contributed by atoms with Gasteiger partial charge < -0.3 is 15.2 Å². The third-order valence-electron chi connectivity index (χ3n) is 1.55. The van der Waals surface area contributed by atoms with E-state index in [0.29, 0.717) is 0 Å². The Bertz CT molecular complexity index is 120. The molecule has 1 heterocycles. The number of hydrogen-bond acceptors (Lipinski definition) is 4. The van der Waals surface area contributed by atoms with E-state index in [4.69, 9.17) is 5.11 Å². The summed E-state index contributed by atoms with van der Waals surface area (Å²) in [6, 6.07) is -0.188. The van der Waals surface area contributed by atoms with Crippen molar-refractivity contribution in [2.45, 2.75) is 18.9 Å². The van der Waals surface area contributed by atoms with Gasteiger partial charge in [0.25, 0.3) is 0 Å². The summed E-state index contributed by atoms with van der Waals surface area (Å²) < 4.78 is 4.38. The summed E-state index contributed by atoms with van der Waals surface area (Å²) in [5.74, 6) is -0.347. The molecule has 58 valence electrons. The Morgan fingerprint density at radius 2 is 2.60 bits per heavy atom. The van der Waals surface area contributed by atoms with Crippen molar-refractivity contribution in [1.82, 2.24) is 5.32 Å². The minimum absolute atomic E-state index is 0.188. The van der Waals surface area contributed by atoms with E-state index in [1.807, 2.05) is 0 Å². The maximum Gasteiger partial charge on any atom is 0.325 e. The SMILES string of the molecule is O=C(OCO)C1CCCN1. The van der Waals surface area contributed by atoms with Crippen LogP contribution in [-0.2, 0) is 9.53 Å². The standard InChI is InChI=1S/C6H11NO3/c8-4-10-6(9)5-2-1-3-7-5/h5,7-8H,1-4H2. The lowest BCUT2D eigenvalue weighted by atomic mass is 10.2. The normalized spacial score (nSPS) is 24.7. The molecule has 2 N–H and O–H groups in total. The number of nitrogens with one attached hydrogen (secondary N) is 1. The van der Waals surface area contributed by atoms with Crippen molar-refractivity contribution >= 4 is 5.97 Å². The Morgan fingerprint density at radius 3 is 3.10 bits per heavy atom. The second kappa shape index (κ2) is 3.53. The lowest BCUT2D eigenvalue weighted by molar-refractivity contribution is -0.153. The molecule has 1 atom stereocenters. The van der Waals surface area contributed by atoms with Gasteiger partial charge in [0.05, 0.1) is 0 Å². The summed E-state index contributed by atoms with van der Waals surface area (Å²) in [6.45, 7) is 0.349. The van der Waals surface area contributed by atoms with Crippen LogP contribution in [0.15, 0.2) is 0 Å². The fourth-order valence-electron chi connectivity index (χ4n) is 1.05. The number of carbonyl (C=O) groups is 1. The predicted octanol–water partition coefficient (Wildman–Crippen LogP) is -0.769. The van der Waals surface area contributed by atoms with Crippen LogP contribution in [0.2, 0.25) is 0 Å². The number of hydrogen-bond donors (Lipinski definition) is 2. The number of ether oxygens (including phenoxy) is 1. The van der Waals surface area contributed by atoms with E-state index in [1.54, 1.807) is 0 Å². The van der Waals surface area contributed by atoms with Crippen LogP contribution in [0.25, 0.3) is 0 Å². The van der Waals surface area contributed by atoms with E-state index in [-0.39, 0.29) is 12.0 Å². The Kier molecular flexibility index (Phi) is 2.65. The van der Waals surface area contributed by atoms with Crippen molar-refractivity contribution in [1.29, 1.82) is 0 Å². The van der Waals surface area contributed by atoms with Gasteiger partial charge in [0, 0.05) is 0 Å². The molecule has 0 saturated carbocycles. The molecule has 0 aliphatic carbocycles. The number of carbonyl (C=O) groups excluding carboxylic acids is 1. The molecule has 1 saturated heterocycles. The Labute approximate surface area is 59.2 Å². The highest BCUT2D eigenvalue weighted by Crippen LogP contribution is 2.05. The van der Waals surface area contributed by atoms with E-state index < -0.39 is 6.79 Å². The molecule has 1 fully saturated rings. The molecule has 0 spiro atoms. The highest BCUT2D eigenvalue weighted by molar-refractivity contribution is 5.75. The van der Waals surface area contributed by atoms with Crippen LogP contribution in [-0.4, -0.2) is 30.5 Å². The Balaban J connectivity index is 2.25. The van der Waals surface area contributed by atoms with Crippen molar-refractivity contribution in [2.75, 3.05) is 13.3 Å². The molecule has 1 aliphatic rings. The van der Waals surface area contributed by atoms with Gasteiger partial charge in [-0.1, -0.05) is 0 Å². The monoisotopic (exact) mass is 145 g/mol. The van der Waals surface area contributed by atoms with Gasteiger partial charge in [-0.3, -0.25) is 4.79 Å². The van der Waals surface area contributed by atoms with Crippen LogP contribution in [0.4, 0.5) is 0 Å². The molecule has 0 aromatic carbocycles. The van der Waals surface area contributed by atoms with Gasteiger partial charge in [0.2, 0.25) is 0 Å². The molecule has 0 aromatic heterocycles. The molecule has 10 heavy (non-hydrogen) atoms. The summed E-state index contributed by atoms with van der Waals surface area (Å²) in [7, 11) is 0. The fourth-order valence-corrected chi connectivity index (χ4v) is 1.05. The molecule has 1 aliphatic heterocycles. The zero-order valence-electron chi connectivity index (χ0n) is 5.67. The molecule has 0 aromatic rings. The van der Waals surface area contributed by atoms with Gasteiger partial charge in [-0.05, 0) is 19.4 Å². The molecular weight excluding hydrogens is 134 g/mol. The van der Waals surface area contributed by atoms with E-state index in [0.717, 1.165) is 19.4 Å². The van der Waals surface area contributed by atoms with E-state index >= 15 is 0 Å². The second-order valence-electron chi connectivity index (χ2n) is 2.24. The first kappa shape index (κ1) is 7.50. The van der Waals surface area contributed by atoms with Gasteiger partial charge in [0.1, 0.15) is 6.04 Å². The molecule has 1 unspecified atom stereocenters. The average Bonchev–Trinajstić information content (AvgIpc) is 2.38. The molecule has 1 rings (SSSR count). The topological polar surface area (TPSA) is 58.6 Å². The van der Waals surface area contributed by atoms with Crippen LogP contribution in [0.1, 0.15) is 12.8 Å². The van der Waals surface area contributed by atoms with Crippen molar-refractivity contribution in [3.63, 3.8) is 0 Å². The molecule has 0 bridgehead atoms. The van der Waals surface area contributed by atoms with Crippen LogP contribution in [0, 0.1) is 0 Å². The summed E-state index contributed by atoms with van der Waals surface area (Å²) in [5, 5.41) is 11.2. The van der Waals surface area contributed by atoms with Crippen LogP contribution < -0.4 is 5.32 Å². The Morgan fingerprint density at radius 1 is 1.80 bits per heavy atom. The summed E-state index contributed by atoms with van der Waals surface area (Å²) in [6.07, 6.45) is 1.82. The van der Waals surface area contributed by atoms with Crippen molar-refractivity contribution in [3.05, 3.63) is 0 Å². The van der Waals surface area contributed by atoms with E-state index in [2.05, 4.69) is 10.1 Å². The summed E-state index contributed by atoms with van der Waals surface area (Å²) in [5.41, 5.74) is 0. The average molecular weight is 145 g/mol. The predicted molar refractivity (Wildman–Crippen MR) is 34.2 cm³/mol.